The highest BCUT2D eigenvalue weighted by molar-refractivity contribution is 6.29. The Bertz CT molecular complexity index is 3910. The second kappa shape index (κ2) is 17.8. The minimum Gasteiger partial charge on any atom is -0.454 e. The Morgan fingerprint density at radius 1 is 0.329 bits per heavy atom. The molecular weight excluding hydrogens is 967 g/mol. The van der Waals surface area contributed by atoms with Crippen molar-refractivity contribution >= 4 is 110 Å². The highest BCUT2D eigenvalue weighted by Crippen LogP contribution is 2.52. The van der Waals surface area contributed by atoms with E-state index in [-0.39, 0.29) is 0 Å². The van der Waals surface area contributed by atoms with E-state index < -0.39 is 23.5 Å². The summed E-state index contributed by atoms with van der Waals surface area (Å²) < 4.78 is 99.4. The number of halogens is 6. The number of para-hydroxylation sites is 4. The highest BCUT2D eigenvalue weighted by atomic mass is 19.4. The molecule has 0 radical (unpaired) electrons. The summed E-state index contributed by atoms with van der Waals surface area (Å²) in [5.74, 6) is 0.742. The van der Waals surface area contributed by atoms with E-state index >= 15 is 0 Å². The Morgan fingerprint density at radius 2 is 0.684 bits per heavy atom. The maximum atomic E-state index is 14.2. The molecule has 2 fully saturated rings. The van der Waals surface area contributed by atoms with Gasteiger partial charge in [0.15, 0.2) is 11.2 Å². The molecule has 0 atom stereocenters. The number of fused-ring (bicyclic) bond motifs is 6. The van der Waals surface area contributed by atoms with Gasteiger partial charge in [-0.15, -0.1) is 0 Å². The molecule has 0 aliphatic heterocycles. The number of hydrogen-bond acceptors (Lipinski definition) is 4. The number of alkyl halides is 6. The number of furan rings is 2. The summed E-state index contributed by atoms with van der Waals surface area (Å²) in [6.45, 7) is 0. The van der Waals surface area contributed by atoms with E-state index in [4.69, 9.17) is 8.83 Å². The van der Waals surface area contributed by atoms with E-state index in [9.17, 15) is 26.3 Å². The molecule has 10 aromatic carbocycles. The van der Waals surface area contributed by atoms with Crippen molar-refractivity contribution in [2.75, 3.05) is 9.80 Å². The predicted octanol–water partition coefficient (Wildman–Crippen LogP) is 21.5. The van der Waals surface area contributed by atoms with Crippen LogP contribution in [0.5, 0.6) is 0 Å². The molecule has 0 amide bonds. The highest BCUT2D eigenvalue weighted by Gasteiger charge is 2.33. The van der Waals surface area contributed by atoms with Crippen LogP contribution in [0.15, 0.2) is 179 Å². The number of hydrogen-bond donors (Lipinski definition) is 0. The van der Waals surface area contributed by atoms with Gasteiger partial charge in [-0.1, -0.05) is 136 Å². The van der Waals surface area contributed by atoms with Gasteiger partial charge in [-0.3, -0.25) is 0 Å². The van der Waals surface area contributed by atoms with Crippen LogP contribution < -0.4 is 9.80 Å². The molecule has 378 valence electrons. The summed E-state index contributed by atoms with van der Waals surface area (Å²) >= 11 is 0. The maximum absolute atomic E-state index is 14.2. The van der Waals surface area contributed by atoms with E-state index in [0.29, 0.717) is 45.8 Å². The van der Waals surface area contributed by atoms with Gasteiger partial charge < -0.3 is 18.6 Å². The average molecular weight is 1020 g/mol. The van der Waals surface area contributed by atoms with Gasteiger partial charge in [-0.2, -0.15) is 26.3 Å². The van der Waals surface area contributed by atoms with Crippen LogP contribution in [0.1, 0.15) is 98.3 Å². The first-order valence-corrected chi connectivity index (χ1v) is 26.5. The minimum absolute atomic E-state index is 0.371. The largest absolute Gasteiger partial charge is 0.454 e. The molecule has 2 saturated carbocycles. The Labute approximate surface area is 434 Å². The summed E-state index contributed by atoms with van der Waals surface area (Å²) in [5, 5.41) is 9.25. The fourth-order valence-electron chi connectivity index (χ4n) is 13.1. The van der Waals surface area contributed by atoms with Gasteiger partial charge in [-0.25, -0.2) is 0 Å². The molecular formula is C66H50F6N2O2. The quantitative estimate of drug-likeness (QED) is 0.112. The molecule has 2 aromatic heterocycles. The van der Waals surface area contributed by atoms with Crippen molar-refractivity contribution in [3.05, 3.63) is 192 Å². The summed E-state index contributed by atoms with van der Waals surface area (Å²) in [6.07, 6.45) is 2.36. The number of benzene rings is 10. The van der Waals surface area contributed by atoms with Crippen molar-refractivity contribution < 1.29 is 35.2 Å². The Hall–Kier alpha value is -7.98. The van der Waals surface area contributed by atoms with Crippen LogP contribution in [0.2, 0.25) is 0 Å². The number of anilines is 6. The zero-order valence-electron chi connectivity index (χ0n) is 41.4. The van der Waals surface area contributed by atoms with E-state index in [1.54, 1.807) is 0 Å². The van der Waals surface area contributed by atoms with Crippen molar-refractivity contribution in [1.82, 2.24) is 0 Å². The SMILES string of the molecule is FC(F)(F)c1ccc(N(c2ccc3ccc4c(N(c5ccc(C(F)(F)F)cc5)c5cccc6c5oc5c(C7CCCCC7)cccc56)ccc5ccc2c3c54)c2cccc3c2oc2c(C4CCCCC4)cccc23)cc1. The van der Waals surface area contributed by atoms with Gasteiger partial charge in [0.1, 0.15) is 11.2 Å². The molecule has 2 aliphatic rings. The molecule has 2 aliphatic carbocycles. The molecule has 76 heavy (non-hydrogen) atoms. The topological polar surface area (TPSA) is 32.8 Å². The van der Waals surface area contributed by atoms with Crippen LogP contribution in [0.3, 0.4) is 0 Å². The van der Waals surface area contributed by atoms with Gasteiger partial charge in [0.05, 0.1) is 33.9 Å². The summed E-state index contributed by atoms with van der Waals surface area (Å²) in [4.78, 5) is 4.02. The van der Waals surface area contributed by atoms with Crippen molar-refractivity contribution in [2.45, 2.75) is 88.4 Å². The van der Waals surface area contributed by atoms with Crippen molar-refractivity contribution in [3.8, 4) is 0 Å². The van der Waals surface area contributed by atoms with E-state index in [0.717, 1.165) is 152 Å². The number of nitrogens with zero attached hydrogens (tertiary/aromatic N) is 2. The Morgan fingerprint density at radius 3 is 1.07 bits per heavy atom. The Balaban J connectivity index is 0.994. The molecule has 2 heterocycles. The lowest BCUT2D eigenvalue weighted by Crippen LogP contribution is -2.13. The third-order valence-corrected chi connectivity index (χ3v) is 16.6. The van der Waals surface area contributed by atoms with E-state index in [1.807, 2.05) is 58.3 Å². The van der Waals surface area contributed by atoms with Crippen LogP contribution in [0.4, 0.5) is 60.5 Å². The van der Waals surface area contributed by atoms with E-state index in [1.165, 1.54) is 48.2 Å². The first-order valence-electron chi connectivity index (χ1n) is 26.5. The van der Waals surface area contributed by atoms with Crippen LogP contribution in [0.25, 0.3) is 76.2 Å². The van der Waals surface area contributed by atoms with Crippen molar-refractivity contribution in [3.63, 3.8) is 0 Å². The van der Waals surface area contributed by atoms with Gasteiger partial charge in [0.25, 0.3) is 0 Å². The molecule has 14 rings (SSSR count). The molecule has 0 unspecified atom stereocenters. The van der Waals surface area contributed by atoms with E-state index in [2.05, 4.69) is 72.8 Å². The standard InChI is InChI=1S/C66H50F6N2O2/c67-65(68,69)43-27-31-45(32-28-43)73(57-21-9-19-51-49-17-7-15-47(61(49)75-63(51)57)39-11-3-1-4-12-39)55-37-25-41-24-36-54-56(38-26-42-23-35-53(55)59(41)60(42)54)74(46-33-29-44(30-34-46)66(70,71)72)58-22-10-20-52-50-18-8-16-48(62(50)76-64(52)58)40-13-5-2-6-14-40/h7-10,15-40H,1-6,11-14H2. The monoisotopic (exact) mass is 1020 g/mol. The smallest absolute Gasteiger partial charge is 0.416 e. The fourth-order valence-corrected chi connectivity index (χ4v) is 13.1. The molecule has 0 bridgehead atoms. The van der Waals surface area contributed by atoms with Crippen LogP contribution in [-0.4, -0.2) is 0 Å². The fraction of sp³-hybridized carbons (Fsp3) is 0.212. The third kappa shape index (κ3) is 7.57. The van der Waals surface area contributed by atoms with Crippen LogP contribution in [0, 0.1) is 0 Å². The molecule has 10 heteroatoms. The van der Waals surface area contributed by atoms with Gasteiger partial charge in [0, 0.05) is 43.7 Å². The lowest BCUT2D eigenvalue weighted by Gasteiger charge is -2.29. The van der Waals surface area contributed by atoms with Crippen molar-refractivity contribution in [1.29, 1.82) is 0 Å². The molecule has 0 spiro atoms. The Kier molecular flexibility index (Phi) is 10.9. The second-order valence-corrected chi connectivity index (χ2v) is 21.0. The average Bonchev–Trinajstić information content (AvgIpc) is 4.18. The van der Waals surface area contributed by atoms with Gasteiger partial charge >= 0.3 is 12.4 Å². The first kappa shape index (κ1) is 46.5. The summed E-state index contributed by atoms with van der Waals surface area (Å²) in [7, 11) is 0. The summed E-state index contributed by atoms with van der Waals surface area (Å²) in [6, 6.07) is 51.7. The number of rotatable bonds is 8. The normalized spacial score (nSPS) is 15.4. The third-order valence-electron chi connectivity index (χ3n) is 16.6. The predicted molar refractivity (Wildman–Crippen MR) is 296 cm³/mol. The lowest BCUT2D eigenvalue weighted by molar-refractivity contribution is -0.138. The van der Waals surface area contributed by atoms with Gasteiger partial charge in [0.2, 0.25) is 0 Å². The molecule has 12 aromatic rings. The minimum atomic E-state index is -4.54. The molecule has 0 saturated heterocycles. The lowest BCUT2D eigenvalue weighted by atomic mass is 9.83. The molecule has 4 nitrogen and oxygen atoms in total. The zero-order chi connectivity index (χ0) is 51.5. The zero-order valence-corrected chi connectivity index (χ0v) is 41.4. The van der Waals surface area contributed by atoms with Crippen molar-refractivity contribution in [2.24, 2.45) is 0 Å². The van der Waals surface area contributed by atoms with Gasteiger partial charge in [-0.05, 0) is 143 Å². The second-order valence-electron chi connectivity index (χ2n) is 21.0. The maximum Gasteiger partial charge on any atom is 0.416 e. The van der Waals surface area contributed by atoms with Crippen LogP contribution >= 0.6 is 0 Å². The van der Waals surface area contributed by atoms with Crippen LogP contribution in [-0.2, 0) is 12.4 Å². The molecule has 0 N–H and O–H groups in total. The first-order chi connectivity index (χ1) is 37.0. The summed E-state index contributed by atoms with van der Waals surface area (Å²) in [5.41, 5.74) is 7.66.